The maximum absolute atomic E-state index is 12.4. The summed E-state index contributed by atoms with van der Waals surface area (Å²) >= 11 is 19.3. The lowest BCUT2D eigenvalue weighted by molar-refractivity contribution is -0.115. The van der Waals surface area contributed by atoms with Crippen molar-refractivity contribution in [2.24, 2.45) is 0 Å². The predicted molar refractivity (Wildman–Crippen MR) is 105 cm³/mol. The van der Waals surface area contributed by atoms with Crippen molar-refractivity contribution in [3.8, 4) is 11.5 Å². The smallest absolute Gasteiger partial charge is 0.237 e. The first-order valence-electron chi connectivity index (χ1n) is 7.19. The zero-order valence-electron chi connectivity index (χ0n) is 13.7. The van der Waals surface area contributed by atoms with Gasteiger partial charge in [-0.25, -0.2) is 0 Å². The summed E-state index contributed by atoms with van der Waals surface area (Å²) in [4.78, 5) is 13.3. The standard InChI is InChI=1S/C17H16Cl3NO3S/c1-9(25-10-4-5-15(23-2)16(6-10)24-3)17(22)21-14-8-12(19)11(18)7-13(14)20/h4-9H,1-3H3,(H,21,22). The lowest BCUT2D eigenvalue weighted by Crippen LogP contribution is -2.22. The van der Waals surface area contributed by atoms with Crippen molar-refractivity contribution in [3.05, 3.63) is 45.4 Å². The zero-order valence-corrected chi connectivity index (χ0v) is 16.8. The van der Waals surface area contributed by atoms with Gasteiger partial charge in [-0.1, -0.05) is 34.8 Å². The van der Waals surface area contributed by atoms with E-state index in [9.17, 15) is 4.79 Å². The van der Waals surface area contributed by atoms with Gasteiger partial charge in [-0.05, 0) is 37.3 Å². The quantitative estimate of drug-likeness (QED) is 0.475. The van der Waals surface area contributed by atoms with Crippen LogP contribution < -0.4 is 14.8 Å². The van der Waals surface area contributed by atoms with E-state index in [1.165, 1.54) is 23.9 Å². The number of ether oxygens (including phenoxy) is 2. The van der Waals surface area contributed by atoms with Crippen LogP contribution in [0, 0.1) is 0 Å². The maximum atomic E-state index is 12.4. The van der Waals surface area contributed by atoms with E-state index in [1.807, 2.05) is 12.1 Å². The average Bonchev–Trinajstić information content (AvgIpc) is 2.59. The first-order valence-corrected chi connectivity index (χ1v) is 9.21. The Morgan fingerprint density at radius 2 is 1.64 bits per heavy atom. The Morgan fingerprint density at radius 3 is 2.28 bits per heavy atom. The van der Waals surface area contributed by atoms with Crippen LogP contribution in [0.3, 0.4) is 0 Å². The molecule has 2 aromatic carbocycles. The molecule has 1 N–H and O–H groups in total. The number of hydrogen-bond donors (Lipinski definition) is 1. The molecule has 0 spiro atoms. The van der Waals surface area contributed by atoms with E-state index in [0.29, 0.717) is 32.3 Å². The normalized spacial score (nSPS) is 11.8. The summed E-state index contributed by atoms with van der Waals surface area (Å²) in [7, 11) is 3.14. The first-order chi connectivity index (χ1) is 11.8. The number of methoxy groups -OCH3 is 2. The van der Waals surface area contributed by atoms with Gasteiger partial charge in [0.05, 0.1) is 40.2 Å². The number of benzene rings is 2. The molecule has 1 atom stereocenters. The summed E-state index contributed by atoms with van der Waals surface area (Å²) in [6.07, 6.45) is 0. The third-order valence-electron chi connectivity index (χ3n) is 3.30. The highest BCUT2D eigenvalue weighted by Crippen LogP contribution is 2.35. The molecule has 8 heteroatoms. The molecule has 25 heavy (non-hydrogen) atoms. The van der Waals surface area contributed by atoms with E-state index < -0.39 is 0 Å². The van der Waals surface area contributed by atoms with Crippen molar-refractivity contribution < 1.29 is 14.3 Å². The van der Waals surface area contributed by atoms with Crippen LogP contribution in [0.4, 0.5) is 5.69 Å². The Hall–Kier alpha value is -1.27. The summed E-state index contributed by atoms with van der Waals surface area (Å²) in [6.45, 7) is 1.79. The van der Waals surface area contributed by atoms with Gasteiger partial charge in [-0.3, -0.25) is 4.79 Å². The minimum Gasteiger partial charge on any atom is -0.493 e. The van der Waals surface area contributed by atoms with Crippen molar-refractivity contribution in [1.29, 1.82) is 0 Å². The molecule has 0 aliphatic heterocycles. The Balaban J connectivity index is 2.09. The molecule has 4 nitrogen and oxygen atoms in total. The van der Waals surface area contributed by atoms with Crippen LogP contribution in [0.15, 0.2) is 35.2 Å². The Labute approximate surface area is 165 Å². The fraction of sp³-hybridized carbons (Fsp3) is 0.235. The van der Waals surface area contributed by atoms with Crippen LogP contribution in [-0.2, 0) is 4.79 Å². The van der Waals surface area contributed by atoms with Crippen LogP contribution in [0.25, 0.3) is 0 Å². The molecule has 0 fully saturated rings. The largest absolute Gasteiger partial charge is 0.493 e. The molecule has 0 bridgehead atoms. The number of nitrogens with one attached hydrogen (secondary N) is 1. The SMILES string of the molecule is COc1ccc(SC(C)C(=O)Nc2cc(Cl)c(Cl)cc2Cl)cc1OC. The number of rotatable bonds is 6. The third-order valence-corrected chi connectivity index (χ3v) is 5.43. The summed E-state index contributed by atoms with van der Waals surface area (Å²) in [6, 6.07) is 8.49. The van der Waals surface area contributed by atoms with Gasteiger partial charge in [0.25, 0.3) is 0 Å². The van der Waals surface area contributed by atoms with Crippen LogP contribution in [0.1, 0.15) is 6.92 Å². The second-order valence-corrected chi connectivity index (χ2v) is 7.65. The highest BCUT2D eigenvalue weighted by Gasteiger charge is 2.17. The molecule has 2 rings (SSSR count). The molecule has 0 saturated carbocycles. The van der Waals surface area contributed by atoms with Gasteiger partial charge < -0.3 is 14.8 Å². The van der Waals surface area contributed by atoms with Gasteiger partial charge in [0.1, 0.15) is 0 Å². The fourth-order valence-corrected chi connectivity index (χ4v) is 3.49. The number of amides is 1. The molecule has 0 aliphatic rings. The van der Waals surface area contributed by atoms with Crippen molar-refractivity contribution in [3.63, 3.8) is 0 Å². The van der Waals surface area contributed by atoms with Gasteiger partial charge in [0, 0.05) is 4.90 Å². The number of carbonyl (C=O) groups excluding carboxylic acids is 1. The van der Waals surface area contributed by atoms with Crippen LogP contribution in [0.2, 0.25) is 15.1 Å². The van der Waals surface area contributed by atoms with Gasteiger partial charge in [-0.15, -0.1) is 11.8 Å². The van der Waals surface area contributed by atoms with E-state index in [4.69, 9.17) is 44.3 Å². The Kier molecular flexibility index (Phi) is 7.14. The molecule has 0 aliphatic carbocycles. The Bertz CT molecular complexity index is 786. The fourth-order valence-electron chi connectivity index (χ4n) is 2.00. The van der Waals surface area contributed by atoms with Crippen LogP contribution in [-0.4, -0.2) is 25.4 Å². The predicted octanol–water partition coefficient (Wildman–Crippen LogP) is 5.78. The molecule has 0 heterocycles. The van der Waals surface area contributed by atoms with Crippen molar-refractivity contribution in [1.82, 2.24) is 0 Å². The highest BCUT2D eigenvalue weighted by molar-refractivity contribution is 8.00. The molecule has 0 radical (unpaired) electrons. The van der Waals surface area contributed by atoms with Crippen molar-refractivity contribution >= 4 is 58.2 Å². The molecule has 134 valence electrons. The van der Waals surface area contributed by atoms with Gasteiger partial charge in [0.15, 0.2) is 11.5 Å². The highest BCUT2D eigenvalue weighted by atomic mass is 35.5. The molecule has 0 saturated heterocycles. The maximum Gasteiger partial charge on any atom is 0.237 e. The summed E-state index contributed by atoms with van der Waals surface area (Å²) < 4.78 is 10.5. The summed E-state index contributed by atoms with van der Waals surface area (Å²) in [5.74, 6) is 1.03. The molecular weight excluding hydrogens is 405 g/mol. The van der Waals surface area contributed by atoms with Crippen molar-refractivity contribution in [2.75, 3.05) is 19.5 Å². The van der Waals surface area contributed by atoms with Crippen LogP contribution >= 0.6 is 46.6 Å². The lowest BCUT2D eigenvalue weighted by Gasteiger charge is -2.15. The average molecular weight is 421 g/mol. The van der Waals surface area contributed by atoms with Gasteiger partial charge in [-0.2, -0.15) is 0 Å². The second-order valence-electron chi connectivity index (χ2n) is 5.01. The first kappa shape index (κ1) is 20.0. The molecule has 0 aromatic heterocycles. The van der Waals surface area contributed by atoms with E-state index in [-0.39, 0.29) is 11.2 Å². The molecular formula is C17H16Cl3NO3S. The molecule has 2 aromatic rings. The van der Waals surface area contributed by atoms with Crippen molar-refractivity contribution in [2.45, 2.75) is 17.1 Å². The zero-order chi connectivity index (χ0) is 18.6. The summed E-state index contributed by atoms with van der Waals surface area (Å²) in [5.41, 5.74) is 0.417. The lowest BCUT2D eigenvalue weighted by atomic mass is 10.3. The number of hydrogen-bond acceptors (Lipinski definition) is 4. The van der Waals surface area contributed by atoms with Gasteiger partial charge in [0.2, 0.25) is 5.91 Å². The number of carbonyl (C=O) groups is 1. The topological polar surface area (TPSA) is 47.6 Å². The third kappa shape index (κ3) is 5.11. The minimum absolute atomic E-state index is 0.208. The van der Waals surface area contributed by atoms with Gasteiger partial charge >= 0.3 is 0 Å². The number of thioether (sulfide) groups is 1. The second kappa shape index (κ2) is 8.90. The summed E-state index contributed by atoms with van der Waals surface area (Å²) in [5, 5.41) is 3.36. The minimum atomic E-state index is -0.372. The van der Waals surface area contributed by atoms with E-state index >= 15 is 0 Å². The molecule has 1 unspecified atom stereocenters. The van der Waals surface area contributed by atoms with Crippen LogP contribution in [0.5, 0.6) is 11.5 Å². The molecule has 1 amide bonds. The van der Waals surface area contributed by atoms with E-state index in [2.05, 4.69) is 5.32 Å². The monoisotopic (exact) mass is 419 g/mol. The van der Waals surface area contributed by atoms with E-state index in [0.717, 1.165) is 4.90 Å². The Morgan fingerprint density at radius 1 is 1.00 bits per heavy atom. The number of halogens is 3. The number of anilines is 1. The van der Waals surface area contributed by atoms with E-state index in [1.54, 1.807) is 27.2 Å².